The fourth-order valence-corrected chi connectivity index (χ4v) is 2.66. The molecule has 1 amide bonds. The topological polar surface area (TPSA) is 41.4 Å². The van der Waals surface area contributed by atoms with Crippen molar-refractivity contribution in [3.8, 4) is 0 Å². The summed E-state index contributed by atoms with van der Waals surface area (Å²) in [6.45, 7) is 5.90. The molecular formula is C14H24N4O. The molecule has 0 aromatic carbocycles. The molecular weight excluding hydrogens is 240 g/mol. The maximum atomic E-state index is 12.0. The number of aromatic nitrogens is 2. The number of carbonyl (C=O) groups is 1. The van der Waals surface area contributed by atoms with Crippen LogP contribution >= 0.6 is 0 Å². The smallest absolute Gasteiger partial charge is 0.226 e. The van der Waals surface area contributed by atoms with E-state index in [4.69, 9.17) is 0 Å². The van der Waals surface area contributed by atoms with Gasteiger partial charge in [0.1, 0.15) is 0 Å². The van der Waals surface area contributed by atoms with E-state index in [-0.39, 0.29) is 11.8 Å². The summed E-state index contributed by atoms with van der Waals surface area (Å²) in [5, 5.41) is 4.30. The van der Waals surface area contributed by atoms with Gasteiger partial charge in [0, 0.05) is 33.4 Å². The lowest BCUT2D eigenvalue weighted by Crippen LogP contribution is -2.43. The average molecular weight is 264 g/mol. The zero-order chi connectivity index (χ0) is 13.8. The van der Waals surface area contributed by atoms with Crippen molar-refractivity contribution in [2.24, 2.45) is 5.92 Å². The van der Waals surface area contributed by atoms with Crippen molar-refractivity contribution in [2.75, 3.05) is 33.7 Å². The molecule has 2 heterocycles. The minimum absolute atomic E-state index is 0.170. The Hall–Kier alpha value is -1.36. The minimum Gasteiger partial charge on any atom is -0.349 e. The summed E-state index contributed by atoms with van der Waals surface area (Å²) in [6.07, 6.45) is 6.08. The zero-order valence-electron chi connectivity index (χ0n) is 12.2. The summed E-state index contributed by atoms with van der Waals surface area (Å²) in [4.78, 5) is 16.1. The van der Waals surface area contributed by atoms with Crippen LogP contribution in [0.4, 0.5) is 0 Å². The van der Waals surface area contributed by atoms with Gasteiger partial charge in [-0.1, -0.05) is 0 Å². The Morgan fingerprint density at radius 2 is 2.26 bits per heavy atom. The van der Waals surface area contributed by atoms with Gasteiger partial charge < -0.3 is 9.80 Å². The molecule has 1 fully saturated rings. The van der Waals surface area contributed by atoms with Crippen LogP contribution in [0.15, 0.2) is 12.4 Å². The largest absolute Gasteiger partial charge is 0.349 e. The quantitative estimate of drug-likeness (QED) is 0.814. The van der Waals surface area contributed by atoms with Crippen molar-refractivity contribution in [2.45, 2.75) is 26.3 Å². The molecule has 5 nitrogen and oxygen atoms in total. The Kier molecular flexibility index (Phi) is 4.58. The Bertz CT molecular complexity index is 427. The van der Waals surface area contributed by atoms with E-state index < -0.39 is 0 Å². The van der Waals surface area contributed by atoms with Crippen LogP contribution in [0.3, 0.4) is 0 Å². The number of piperidine rings is 1. The Morgan fingerprint density at radius 1 is 1.47 bits per heavy atom. The van der Waals surface area contributed by atoms with Gasteiger partial charge >= 0.3 is 0 Å². The highest BCUT2D eigenvalue weighted by Crippen LogP contribution is 2.18. The van der Waals surface area contributed by atoms with Crippen molar-refractivity contribution < 1.29 is 4.79 Å². The van der Waals surface area contributed by atoms with Gasteiger partial charge in [0.05, 0.1) is 18.7 Å². The third-order valence-corrected chi connectivity index (χ3v) is 3.70. The van der Waals surface area contributed by atoms with Gasteiger partial charge in [-0.2, -0.15) is 5.10 Å². The summed E-state index contributed by atoms with van der Waals surface area (Å²) in [7, 11) is 3.68. The molecule has 1 aliphatic heterocycles. The number of hydrogen-bond donors (Lipinski definition) is 0. The Labute approximate surface area is 115 Å². The SMILES string of the molecule is Cc1cnn(CCN2CCCC(C(=O)N(C)C)C2)c1. The number of likely N-dealkylation sites (tertiary alicyclic amines) is 1. The first-order chi connectivity index (χ1) is 9.06. The molecule has 2 rings (SSSR count). The van der Waals surface area contributed by atoms with Crippen molar-refractivity contribution in [3.05, 3.63) is 18.0 Å². The molecule has 1 saturated heterocycles. The highest BCUT2D eigenvalue weighted by molar-refractivity contribution is 5.78. The van der Waals surface area contributed by atoms with E-state index in [1.54, 1.807) is 4.90 Å². The molecule has 1 aromatic heterocycles. The predicted molar refractivity (Wildman–Crippen MR) is 74.8 cm³/mol. The second-order valence-corrected chi connectivity index (χ2v) is 5.65. The first-order valence-electron chi connectivity index (χ1n) is 6.99. The summed E-state index contributed by atoms with van der Waals surface area (Å²) < 4.78 is 1.98. The molecule has 5 heteroatoms. The lowest BCUT2D eigenvalue weighted by atomic mass is 9.97. The van der Waals surface area contributed by atoms with Gasteiger partial charge in [-0.3, -0.25) is 9.48 Å². The molecule has 0 aliphatic carbocycles. The van der Waals surface area contributed by atoms with Crippen LogP contribution in [0, 0.1) is 12.8 Å². The van der Waals surface area contributed by atoms with Gasteiger partial charge in [-0.15, -0.1) is 0 Å². The first-order valence-corrected chi connectivity index (χ1v) is 6.99. The molecule has 0 N–H and O–H groups in total. The summed E-state index contributed by atoms with van der Waals surface area (Å²) in [5.41, 5.74) is 1.19. The van der Waals surface area contributed by atoms with Crippen molar-refractivity contribution in [1.82, 2.24) is 19.6 Å². The fraction of sp³-hybridized carbons (Fsp3) is 0.714. The van der Waals surface area contributed by atoms with Gasteiger partial charge in [0.2, 0.25) is 5.91 Å². The van der Waals surface area contributed by atoms with Crippen molar-refractivity contribution in [3.63, 3.8) is 0 Å². The van der Waals surface area contributed by atoms with E-state index in [2.05, 4.69) is 23.1 Å². The predicted octanol–water partition coefficient (Wildman–Crippen LogP) is 0.992. The average Bonchev–Trinajstić information content (AvgIpc) is 2.81. The summed E-state index contributed by atoms with van der Waals surface area (Å²) in [6, 6.07) is 0. The van der Waals surface area contributed by atoms with Gasteiger partial charge in [-0.05, 0) is 31.9 Å². The molecule has 0 radical (unpaired) electrons. The highest BCUT2D eigenvalue weighted by Gasteiger charge is 2.26. The van der Waals surface area contributed by atoms with Gasteiger partial charge in [0.25, 0.3) is 0 Å². The first kappa shape index (κ1) is 14.1. The van der Waals surface area contributed by atoms with Gasteiger partial charge in [-0.25, -0.2) is 0 Å². The molecule has 1 atom stereocenters. The molecule has 19 heavy (non-hydrogen) atoms. The lowest BCUT2D eigenvalue weighted by Gasteiger charge is -2.33. The molecule has 0 spiro atoms. The van der Waals surface area contributed by atoms with Crippen LogP contribution in [0.2, 0.25) is 0 Å². The van der Waals surface area contributed by atoms with E-state index in [0.29, 0.717) is 0 Å². The molecule has 0 saturated carbocycles. The second kappa shape index (κ2) is 6.19. The van der Waals surface area contributed by atoms with Crippen LogP contribution in [0.5, 0.6) is 0 Å². The van der Waals surface area contributed by atoms with Crippen LogP contribution < -0.4 is 0 Å². The number of rotatable bonds is 4. The lowest BCUT2D eigenvalue weighted by molar-refractivity contribution is -0.134. The second-order valence-electron chi connectivity index (χ2n) is 5.65. The van der Waals surface area contributed by atoms with Crippen LogP contribution in [-0.4, -0.2) is 59.2 Å². The number of carbonyl (C=O) groups excluding carboxylic acids is 1. The van der Waals surface area contributed by atoms with E-state index in [9.17, 15) is 4.79 Å². The maximum Gasteiger partial charge on any atom is 0.226 e. The van der Waals surface area contributed by atoms with Crippen LogP contribution in [0.1, 0.15) is 18.4 Å². The standard InChI is InChI=1S/C14H24N4O/c1-12-9-15-18(10-12)8-7-17-6-4-5-13(11-17)14(19)16(2)3/h9-10,13H,4-8,11H2,1-3H3. The van der Waals surface area contributed by atoms with E-state index in [0.717, 1.165) is 39.0 Å². The number of amides is 1. The molecule has 1 aromatic rings. The van der Waals surface area contributed by atoms with Crippen LogP contribution in [0.25, 0.3) is 0 Å². The summed E-state index contributed by atoms with van der Waals surface area (Å²) in [5.74, 6) is 0.433. The normalized spacial score (nSPS) is 20.5. The van der Waals surface area contributed by atoms with E-state index in [1.807, 2.05) is 25.0 Å². The number of aryl methyl sites for hydroxylation is 1. The molecule has 1 unspecified atom stereocenters. The monoisotopic (exact) mass is 264 g/mol. The van der Waals surface area contributed by atoms with E-state index in [1.165, 1.54) is 5.56 Å². The van der Waals surface area contributed by atoms with Crippen molar-refractivity contribution >= 4 is 5.91 Å². The number of nitrogens with zero attached hydrogens (tertiary/aromatic N) is 4. The number of hydrogen-bond acceptors (Lipinski definition) is 3. The zero-order valence-corrected chi connectivity index (χ0v) is 12.2. The van der Waals surface area contributed by atoms with E-state index >= 15 is 0 Å². The fourth-order valence-electron chi connectivity index (χ4n) is 2.66. The maximum absolute atomic E-state index is 12.0. The molecule has 0 bridgehead atoms. The van der Waals surface area contributed by atoms with Crippen molar-refractivity contribution in [1.29, 1.82) is 0 Å². The van der Waals surface area contributed by atoms with Gasteiger partial charge in [0.15, 0.2) is 0 Å². The highest BCUT2D eigenvalue weighted by atomic mass is 16.2. The third-order valence-electron chi connectivity index (χ3n) is 3.70. The third kappa shape index (κ3) is 3.80. The molecule has 1 aliphatic rings. The summed E-state index contributed by atoms with van der Waals surface area (Å²) >= 11 is 0. The Morgan fingerprint density at radius 3 is 2.89 bits per heavy atom. The molecule has 106 valence electrons. The Balaban J connectivity index is 1.82. The minimum atomic E-state index is 0.170. The van der Waals surface area contributed by atoms with Crippen LogP contribution in [-0.2, 0) is 11.3 Å².